The number of thiazole rings is 1. The van der Waals surface area contributed by atoms with Crippen molar-refractivity contribution in [1.82, 2.24) is 4.98 Å². The number of aromatic nitrogens is 1. The van der Waals surface area contributed by atoms with Gasteiger partial charge in [0.1, 0.15) is 18.5 Å². The third-order valence-corrected chi connectivity index (χ3v) is 2.19. The molecule has 1 aromatic rings. The van der Waals surface area contributed by atoms with Gasteiger partial charge in [-0.15, -0.1) is 11.3 Å². The number of aliphatic hydroxyl groups is 1. The molecule has 0 spiro atoms. The van der Waals surface area contributed by atoms with E-state index in [4.69, 9.17) is 7.85 Å². The zero-order chi connectivity index (χ0) is 7.78. The lowest BCUT2D eigenvalue weighted by Gasteiger charge is -2.12. The quantitative estimate of drug-likeness (QED) is 0.583. The molecule has 1 heterocycles. The lowest BCUT2D eigenvalue weighted by molar-refractivity contribution is 0.0783. The predicted molar refractivity (Wildman–Crippen MR) is 42.7 cm³/mol. The van der Waals surface area contributed by atoms with Crippen molar-refractivity contribution in [2.24, 2.45) is 0 Å². The molecular formula is C6H8BNOS. The van der Waals surface area contributed by atoms with Crippen molar-refractivity contribution in [3.05, 3.63) is 11.2 Å². The summed E-state index contributed by atoms with van der Waals surface area (Å²) in [5.41, 5.74) is -0.859. The standard InChI is InChI=1S/C6H8BNOS/c1-6(2,9)5-8-3-4(7)10-5/h3,9H,1-2H3. The highest BCUT2D eigenvalue weighted by atomic mass is 32.1. The monoisotopic (exact) mass is 153 g/mol. The van der Waals surface area contributed by atoms with E-state index in [-0.39, 0.29) is 0 Å². The van der Waals surface area contributed by atoms with E-state index < -0.39 is 5.60 Å². The zero-order valence-corrected chi connectivity index (χ0v) is 6.77. The maximum atomic E-state index is 9.39. The average molecular weight is 153 g/mol. The van der Waals surface area contributed by atoms with Crippen LogP contribution in [0.25, 0.3) is 0 Å². The van der Waals surface area contributed by atoms with Crippen molar-refractivity contribution in [1.29, 1.82) is 0 Å². The van der Waals surface area contributed by atoms with Crippen molar-refractivity contribution >= 4 is 24.0 Å². The van der Waals surface area contributed by atoms with E-state index in [1.807, 2.05) is 0 Å². The Hall–Kier alpha value is -0.345. The second-order valence-corrected chi connectivity index (χ2v) is 3.69. The van der Waals surface area contributed by atoms with Crippen LogP contribution in [0.1, 0.15) is 18.9 Å². The summed E-state index contributed by atoms with van der Waals surface area (Å²) in [6, 6.07) is 0. The Labute approximate surface area is 65.3 Å². The summed E-state index contributed by atoms with van der Waals surface area (Å²) in [7, 11) is 5.42. The van der Waals surface area contributed by atoms with Crippen LogP contribution in [-0.4, -0.2) is 17.9 Å². The first-order chi connectivity index (χ1) is 4.50. The molecule has 52 valence electrons. The Morgan fingerprint density at radius 2 is 2.30 bits per heavy atom. The molecule has 4 heteroatoms. The fourth-order valence-corrected chi connectivity index (χ4v) is 1.25. The van der Waals surface area contributed by atoms with Crippen molar-refractivity contribution in [3.8, 4) is 0 Å². The maximum Gasteiger partial charge on any atom is 0.131 e. The maximum absolute atomic E-state index is 9.39. The zero-order valence-electron chi connectivity index (χ0n) is 5.96. The summed E-state index contributed by atoms with van der Waals surface area (Å²) in [5.74, 6) is 0. The Morgan fingerprint density at radius 1 is 1.70 bits per heavy atom. The lowest BCUT2D eigenvalue weighted by Crippen LogP contribution is -2.14. The summed E-state index contributed by atoms with van der Waals surface area (Å²) in [5, 5.41) is 10.1. The van der Waals surface area contributed by atoms with Gasteiger partial charge in [-0.05, 0) is 18.6 Å². The van der Waals surface area contributed by atoms with Crippen LogP contribution >= 0.6 is 11.3 Å². The molecular weight excluding hydrogens is 145 g/mol. The SMILES string of the molecule is [B]c1cnc(C(C)(C)O)s1. The molecule has 0 unspecified atom stereocenters. The fourth-order valence-electron chi connectivity index (χ4n) is 0.569. The highest BCUT2D eigenvalue weighted by molar-refractivity contribution is 7.19. The number of rotatable bonds is 1. The number of hydrogen-bond acceptors (Lipinski definition) is 3. The number of nitrogens with zero attached hydrogens (tertiary/aromatic N) is 1. The minimum atomic E-state index is -0.859. The van der Waals surface area contributed by atoms with Crippen LogP contribution in [0.15, 0.2) is 6.20 Å². The summed E-state index contributed by atoms with van der Waals surface area (Å²) in [4.78, 5) is 3.93. The minimum absolute atomic E-state index is 0.636. The molecule has 2 nitrogen and oxygen atoms in total. The third kappa shape index (κ3) is 1.58. The second kappa shape index (κ2) is 2.36. The molecule has 0 saturated heterocycles. The second-order valence-electron chi connectivity index (χ2n) is 2.63. The minimum Gasteiger partial charge on any atom is -0.383 e. The van der Waals surface area contributed by atoms with Crippen LogP contribution in [0.3, 0.4) is 0 Å². The first kappa shape index (κ1) is 7.76. The Morgan fingerprint density at radius 3 is 2.50 bits per heavy atom. The Kier molecular flexibility index (Phi) is 1.83. The van der Waals surface area contributed by atoms with Gasteiger partial charge in [0.25, 0.3) is 0 Å². The summed E-state index contributed by atoms with van der Waals surface area (Å²) in [6.07, 6.45) is 1.55. The topological polar surface area (TPSA) is 33.1 Å². The predicted octanol–water partition coefficient (Wildman–Crippen LogP) is 0.164. The molecule has 0 bridgehead atoms. The number of hydrogen-bond donors (Lipinski definition) is 1. The normalized spacial score (nSPS) is 11.9. The van der Waals surface area contributed by atoms with Gasteiger partial charge < -0.3 is 5.11 Å². The van der Waals surface area contributed by atoms with Crippen molar-refractivity contribution in [2.75, 3.05) is 0 Å². The van der Waals surface area contributed by atoms with E-state index >= 15 is 0 Å². The molecule has 0 aromatic carbocycles. The van der Waals surface area contributed by atoms with E-state index in [0.29, 0.717) is 9.78 Å². The summed E-state index contributed by atoms with van der Waals surface area (Å²) in [6.45, 7) is 3.37. The van der Waals surface area contributed by atoms with E-state index in [1.165, 1.54) is 11.3 Å². The molecule has 0 atom stereocenters. The molecule has 10 heavy (non-hydrogen) atoms. The van der Waals surface area contributed by atoms with Gasteiger partial charge in [0, 0.05) is 6.20 Å². The van der Waals surface area contributed by atoms with Crippen LogP contribution in [-0.2, 0) is 5.60 Å². The van der Waals surface area contributed by atoms with E-state index in [1.54, 1.807) is 20.0 Å². The average Bonchev–Trinajstić information content (AvgIpc) is 2.11. The molecule has 1 rings (SSSR count). The van der Waals surface area contributed by atoms with Crippen LogP contribution < -0.4 is 4.78 Å². The van der Waals surface area contributed by atoms with Crippen LogP contribution in [0.5, 0.6) is 0 Å². The van der Waals surface area contributed by atoms with Crippen molar-refractivity contribution in [2.45, 2.75) is 19.4 Å². The van der Waals surface area contributed by atoms with Crippen molar-refractivity contribution < 1.29 is 5.11 Å². The van der Waals surface area contributed by atoms with E-state index in [0.717, 1.165) is 0 Å². The fraction of sp³-hybridized carbons (Fsp3) is 0.500. The third-order valence-electron chi connectivity index (χ3n) is 1.05. The molecule has 0 aliphatic heterocycles. The van der Waals surface area contributed by atoms with Gasteiger partial charge in [-0.2, -0.15) is 0 Å². The molecule has 2 radical (unpaired) electrons. The molecule has 0 saturated carbocycles. The van der Waals surface area contributed by atoms with Gasteiger partial charge in [-0.25, -0.2) is 4.98 Å². The molecule has 0 amide bonds. The van der Waals surface area contributed by atoms with Gasteiger partial charge in [0.15, 0.2) is 0 Å². The first-order valence-corrected chi connectivity index (χ1v) is 3.76. The van der Waals surface area contributed by atoms with Gasteiger partial charge in [0.05, 0.1) is 0 Å². The van der Waals surface area contributed by atoms with E-state index in [9.17, 15) is 5.11 Å². The molecule has 0 aliphatic carbocycles. The first-order valence-electron chi connectivity index (χ1n) is 2.94. The smallest absolute Gasteiger partial charge is 0.131 e. The van der Waals surface area contributed by atoms with Gasteiger partial charge >= 0.3 is 0 Å². The van der Waals surface area contributed by atoms with Gasteiger partial charge in [-0.1, -0.05) is 0 Å². The molecule has 1 N–H and O–H groups in total. The molecule has 0 aliphatic rings. The summed E-state index contributed by atoms with van der Waals surface area (Å²) >= 11 is 1.31. The van der Waals surface area contributed by atoms with Gasteiger partial charge in [-0.3, -0.25) is 0 Å². The Balaban J connectivity index is 2.96. The Bertz CT molecular complexity index is 228. The largest absolute Gasteiger partial charge is 0.383 e. The van der Waals surface area contributed by atoms with Crippen LogP contribution in [0, 0.1) is 0 Å². The highest BCUT2D eigenvalue weighted by Gasteiger charge is 2.18. The molecule has 0 fully saturated rings. The lowest BCUT2D eigenvalue weighted by atomic mass is 10.1. The summed E-state index contributed by atoms with van der Waals surface area (Å²) < 4.78 is 0.636. The molecule has 1 aromatic heterocycles. The van der Waals surface area contributed by atoms with Crippen molar-refractivity contribution in [3.63, 3.8) is 0 Å². The van der Waals surface area contributed by atoms with Crippen LogP contribution in [0.2, 0.25) is 0 Å². The van der Waals surface area contributed by atoms with E-state index in [2.05, 4.69) is 4.98 Å². The highest BCUT2D eigenvalue weighted by Crippen LogP contribution is 2.19. The van der Waals surface area contributed by atoms with Gasteiger partial charge in [0.2, 0.25) is 0 Å². The van der Waals surface area contributed by atoms with Crippen LogP contribution in [0.4, 0.5) is 0 Å².